The number of aliphatic hydroxyl groups excluding tert-OH is 1. The summed E-state index contributed by atoms with van der Waals surface area (Å²) in [4.78, 5) is 23.3. The second-order valence-corrected chi connectivity index (χ2v) is 7.15. The molecular weight excluding hydrogens is 334 g/mol. The maximum absolute atomic E-state index is 12.2. The molecule has 0 bridgehead atoms. The van der Waals surface area contributed by atoms with Gasteiger partial charge in [-0.15, -0.1) is 6.58 Å². The second-order valence-electron chi connectivity index (χ2n) is 5.11. The zero-order chi connectivity index (χ0) is 18.3. The number of aliphatic hydroxyl groups is 1. The van der Waals surface area contributed by atoms with Gasteiger partial charge in [-0.1, -0.05) is 6.08 Å². The highest BCUT2D eigenvalue weighted by atomic mass is 32.2. The number of rotatable bonds is 7. The Morgan fingerprint density at radius 3 is 2.38 bits per heavy atom. The van der Waals surface area contributed by atoms with Crippen molar-refractivity contribution in [2.24, 2.45) is 0 Å². The van der Waals surface area contributed by atoms with Gasteiger partial charge in [0.2, 0.25) is 10.0 Å². The molecule has 0 aromatic heterocycles. The molecule has 1 rings (SSSR count). The van der Waals surface area contributed by atoms with Gasteiger partial charge in [0, 0.05) is 25.3 Å². The average molecular weight is 355 g/mol. The molecule has 2 amide bonds. The fraction of sp³-hybridized carbons (Fsp3) is 0.333. The normalized spacial score (nSPS) is 12.5. The van der Waals surface area contributed by atoms with Crippen LogP contribution in [-0.2, 0) is 19.6 Å². The Bertz CT molecular complexity index is 700. The summed E-state index contributed by atoms with van der Waals surface area (Å²) in [5.41, 5.74) is 0.275. The number of sulfonamides is 1. The smallest absolute Gasteiger partial charge is 0.313 e. The topological polar surface area (TPSA) is 116 Å². The molecule has 0 aliphatic heterocycles. The fourth-order valence-corrected chi connectivity index (χ4v) is 2.83. The number of hydrogen-bond acceptors (Lipinski definition) is 5. The van der Waals surface area contributed by atoms with E-state index in [1.165, 1.54) is 37.4 Å². The first kappa shape index (κ1) is 19.8. The molecule has 0 saturated heterocycles. The van der Waals surface area contributed by atoms with Crippen molar-refractivity contribution in [1.29, 1.82) is 0 Å². The molecule has 1 aromatic rings. The number of hydrogen-bond donors (Lipinski definition) is 3. The first-order valence-corrected chi connectivity index (χ1v) is 8.56. The van der Waals surface area contributed by atoms with Crippen LogP contribution in [0.15, 0.2) is 41.8 Å². The van der Waals surface area contributed by atoms with Crippen molar-refractivity contribution in [2.75, 3.05) is 25.5 Å². The third-order valence-corrected chi connectivity index (χ3v) is 4.90. The monoisotopic (exact) mass is 355 g/mol. The fourth-order valence-electron chi connectivity index (χ4n) is 1.69. The van der Waals surface area contributed by atoms with Crippen molar-refractivity contribution in [3.8, 4) is 0 Å². The summed E-state index contributed by atoms with van der Waals surface area (Å²) in [5, 5.41) is 13.5. The SMILES string of the molecule is C=CCN(C)S(=O)(=O)c1ccc(NC(=O)C(=O)N[C@@H](C)CO)cc1. The highest BCUT2D eigenvalue weighted by Crippen LogP contribution is 2.17. The highest BCUT2D eigenvalue weighted by molar-refractivity contribution is 7.89. The molecule has 8 nitrogen and oxygen atoms in total. The van der Waals surface area contributed by atoms with Gasteiger partial charge < -0.3 is 15.7 Å². The van der Waals surface area contributed by atoms with Gasteiger partial charge in [-0.05, 0) is 31.2 Å². The second kappa shape index (κ2) is 8.57. The van der Waals surface area contributed by atoms with Crippen LogP contribution in [-0.4, -0.2) is 55.9 Å². The van der Waals surface area contributed by atoms with E-state index in [1.807, 2.05) is 0 Å². The van der Waals surface area contributed by atoms with Crippen molar-refractivity contribution in [3.63, 3.8) is 0 Å². The summed E-state index contributed by atoms with van der Waals surface area (Å²) in [6.45, 7) is 4.92. The van der Waals surface area contributed by atoms with Crippen LogP contribution < -0.4 is 10.6 Å². The van der Waals surface area contributed by atoms with Crippen LogP contribution >= 0.6 is 0 Å². The zero-order valence-corrected chi connectivity index (χ0v) is 14.3. The minimum atomic E-state index is -3.64. The largest absolute Gasteiger partial charge is 0.394 e. The Labute approximate surface area is 141 Å². The molecule has 9 heteroatoms. The minimum Gasteiger partial charge on any atom is -0.394 e. The van der Waals surface area contributed by atoms with Crippen LogP contribution in [0.3, 0.4) is 0 Å². The molecule has 0 heterocycles. The van der Waals surface area contributed by atoms with Crippen LogP contribution in [0.1, 0.15) is 6.92 Å². The van der Waals surface area contributed by atoms with Gasteiger partial charge in [0.15, 0.2) is 0 Å². The van der Waals surface area contributed by atoms with E-state index in [0.717, 1.165) is 4.31 Å². The number of benzene rings is 1. The van der Waals surface area contributed by atoms with Crippen molar-refractivity contribution < 1.29 is 23.1 Å². The number of likely N-dealkylation sites (N-methyl/N-ethyl adjacent to an activating group) is 1. The average Bonchev–Trinajstić information content (AvgIpc) is 2.55. The number of nitrogens with zero attached hydrogens (tertiary/aromatic N) is 1. The van der Waals surface area contributed by atoms with Gasteiger partial charge in [0.25, 0.3) is 0 Å². The van der Waals surface area contributed by atoms with Crippen LogP contribution in [0.5, 0.6) is 0 Å². The molecular formula is C15H21N3O5S. The van der Waals surface area contributed by atoms with Gasteiger partial charge in [0.1, 0.15) is 0 Å². The summed E-state index contributed by atoms with van der Waals surface area (Å²) in [7, 11) is -2.21. The summed E-state index contributed by atoms with van der Waals surface area (Å²) in [5.74, 6) is -1.80. The first-order chi connectivity index (χ1) is 11.2. The Hall–Kier alpha value is -2.23. The van der Waals surface area contributed by atoms with Crippen LogP contribution in [0, 0.1) is 0 Å². The van der Waals surface area contributed by atoms with Crippen LogP contribution in [0.2, 0.25) is 0 Å². The van der Waals surface area contributed by atoms with E-state index in [9.17, 15) is 18.0 Å². The molecule has 132 valence electrons. The van der Waals surface area contributed by atoms with E-state index in [4.69, 9.17) is 5.11 Å². The van der Waals surface area contributed by atoms with Gasteiger partial charge in [-0.25, -0.2) is 8.42 Å². The summed E-state index contributed by atoms with van der Waals surface area (Å²) < 4.78 is 25.6. The molecule has 0 aliphatic carbocycles. The minimum absolute atomic E-state index is 0.0585. The number of anilines is 1. The van der Waals surface area contributed by atoms with Crippen LogP contribution in [0.4, 0.5) is 5.69 Å². The Morgan fingerprint density at radius 1 is 1.29 bits per heavy atom. The van der Waals surface area contributed by atoms with E-state index in [2.05, 4.69) is 17.2 Å². The molecule has 1 atom stereocenters. The molecule has 3 N–H and O–H groups in total. The molecule has 0 saturated carbocycles. The maximum Gasteiger partial charge on any atom is 0.313 e. The zero-order valence-electron chi connectivity index (χ0n) is 13.5. The lowest BCUT2D eigenvalue weighted by atomic mass is 10.3. The van der Waals surface area contributed by atoms with Gasteiger partial charge in [-0.2, -0.15) is 4.31 Å². The number of nitrogens with one attached hydrogen (secondary N) is 2. The Morgan fingerprint density at radius 2 is 1.88 bits per heavy atom. The molecule has 24 heavy (non-hydrogen) atoms. The van der Waals surface area contributed by atoms with Gasteiger partial charge >= 0.3 is 11.8 Å². The highest BCUT2D eigenvalue weighted by Gasteiger charge is 2.20. The quantitative estimate of drug-likeness (QED) is 0.468. The molecule has 1 aromatic carbocycles. The van der Waals surface area contributed by atoms with Gasteiger partial charge in [-0.3, -0.25) is 9.59 Å². The predicted octanol–water partition coefficient (Wildman–Crippen LogP) is -0.0714. The summed E-state index contributed by atoms with van der Waals surface area (Å²) in [6, 6.07) is 4.89. The molecule has 0 aliphatic rings. The maximum atomic E-state index is 12.2. The molecule has 0 radical (unpaired) electrons. The molecule has 0 spiro atoms. The lowest BCUT2D eigenvalue weighted by molar-refractivity contribution is -0.136. The molecule has 0 fully saturated rings. The standard InChI is InChI=1S/C15H21N3O5S/c1-4-9-18(3)24(22,23)13-7-5-12(6-8-13)17-15(21)14(20)16-11(2)10-19/h4-8,11,19H,1,9-10H2,2-3H3,(H,16,20)(H,17,21)/t11-/m0/s1. The third-order valence-electron chi connectivity index (χ3n) is 3.06. The van der Waals surface area contributed by atoms with Gasteiger partial charge in [0.05, 0.1) is 11.5 Å². The summed E-state index contributed by atoms with van der Waals surface area (Å²) >= 11 is 0. The van der Waals surface area contributed by atoms with Crippen molar-refractivity contribution in [3.05, 3.63) is 36.9 Å². The number of carbonyl (C=O) groups excluding carboxylic acids is 2. The first-order valence-electron chi connectivity index (χ1n) is 7.12. The number of amides is 2. The number of carbonyl (C=O) groups is 2. The third kappa shape index (κ3) is 5.15. The van der Waals surface area contributed by atoms with E-state index in [-0.39, 0.29) is 23.7 Å². The van der Waals surface area contributed by atoms with Crippen molar-refractivity contribution in [1.82, 2.24) is 9.62 Å². The Kier molecular flexibility index (Phi) is 7.08. The van der Waals surface area contributed by atoms with Crippen molar-refractivity contribution >= 4 is 27.5 Å². The van der Waals surface area contributed by atoms with E-state index in [0.29, 0.717) is 0 Å². The lowest BCUT2D eigenvalue weighted by Gasteiger charge is -2.15. The van der Waals surface area contributed by atoms with E-state index in [1.54, 1.807) is 6.92 Å². The van der Waals surface area contributed by atoms with Crippen LogP contribution in [0.25, 0.3) is 0 Å². The lowest BCUT2D eigenvalue weighted by Crippen LogP contribution is -2.42. The summed E-state index contributed by atoms with van der Waals surface area (Å²) in [6.07, 6.45) is 1.47. The van der Waals surface area contributed by atoms with E-state index >= 15 is 0 Å². The van der Waals surface area contributed by atoms with E-state index < -0.39 is 27.9 Å². The van der Waals surface area contributed by atoms with Crippen molar-refractivity contribution in [2.45, 2.75) is 17.9 Å². The molecule has 0 unspecified atom stereocenters. The predicted molar refractivity (Wildman–Crippen MR) is 89.8 cm³/mol. The Balaban J connectivity index is 2.80.